The van der Waals surface area contributed by atoms with Crippen LogP contribution in [-0.4, -0.2) is 36.0 Å². The molecular weight excluding hydrogens is 360 g/mol. The maximum atomic E-state index is 12.9. The number of benzene rings is 1. The Kier molecular flexibility index (Phi) is 6.17. The van der Waals surface area contributed by atoms with Crippen molar-refractivity contribution in [3.63, 3.8) is 0 Å². The highest BCUT2D eigenvalue weighted by Crippen LogP contribution is 2.31. The number of hydrogen-bond donors (Lipinski definition) is 0. The summed E-state index contributed by atoms with van der Waals surface area (Å²) in [6, 6.07) is 12.7. The molecule has 2 heterocycles. The minimum absolute atomic E-state index is 0.268. The smallest absolute Gasteiger partial charge is 0.225 e. The van der Waals surface area contributed by atoms with Crippen molar-refractivity contribution in [1.29, 1.82) is 0 Å². The molecule has 2 fully saturated rings. The van der Waals surface area contributed by atoms with E-state index >= 15 is 0 Å². The number of ether oxygens (including phenoxy) is 1. The number of methoxy groups -OCH3 is 1. The van der Waals surface area contributed by atoms with Crippen molar-refractivity contribution in [2.24, 2.45) is 5.92 Å². The zero-order chi connectivity index (χ0) is 20.2. The highest BCUT2D eigenvalue weighted by Gasteiger charge is 2.31. The van der Waals surface area contributed by atoms with Gasteiger partial charge in [-0.2, -0.15) is 0 Å². The predicted octanol–water partition coefficient (Wildman–Crippen LogP) is 4.89. The summed E-state index contributed by atoms with van der Waals surface area (Å²) in [6.07, 6.45) is 7.66. The standard InChI is InChI=1S/C25H32N2O2/c1-18-14-20(15-19-9-11-23(29-2)12-10-19)16-24(26-18)22-8-5-13-27(17-22)25(28)21-6-3-4-7-21/h9-12,14,16,21-22H,3-8,13,15,17H2,1-2H3. The lowest BCUT2D eigenvalue weighted by molar-refractivity contribution is -0.136. The molecule has 1 aliphatic heterocycles. The van der Waals surface area contributed by atoms with E-state index in [1.807, 2.05) is 12.1 Å². The number of carbonyl (C=O) groups is 1. The van der Waals surface area contributed by atoms with Gasteiger partial charge in [0.05, 0.1) is 7.11 Å². The lowest BCUT2D eigenvalue weighted by Gasteiger charge is -2.34. The normalized spacial score (nSPS) is 20.1. The summed E-state index contributed by atoms with van der Waals surface area (Å²) in [5.74, 6) is 1.89. The number of nitrogens with zero attached hydrogens (tertiary/aromatic N) is 2. The summed E-state index contributed by atoms with van der Waals surface area (Å²) in [7, 11) is 1.69. The van der Waals surface area contributed by atoms with E-state index in [9.17, 15) is 4.79 Å². The van der Waals surface area contributed by atoms with Gasteiger partial charge in [-0.05, 0) is 74.4 Å². The van der Waals surface area contributed by atoms with Crippen molar-refractivity contribution in [2.75, 3.05) is 20.2 Å². The third kappa shape index (κ3) is 4.80. The number of hydrogen-bond acceptors (Lipinski definition) is 3. The highest BCUT2D eigenvalue weighted by atomic mass is 16.5. The van der Waals surface area contributed by atoms with Crippen LogP contribution < -0.4 is 4.74 Å². The van der Waals surface area contributed by atoms with Gasteiger partial charge in [0.25, 0.3) is 0 Å². The number of aryl methyl sites for hydroxylation is 1. The largest absolute Gasteiger partial charge is 0.497 e. The van der Waals surface area contributed by atoms with Crippen molar-refractivity contribution >= 4 is 5.91 Å². The van der Waals surface area contributed by atoms with Crippen molar-refractivity contribution in [2.45, 2.75) is 57.8 Å². The summed E-state index contributed by atoms with van der Waals surface area (Å²) in [5, 5.41) is 0. The first-order chi connectivity index (χ1) is 14.1. The Morgan fingerprint density at radius 1 is 1.07 bits per heavy atom. The minimum atomic E-state index is 0.268. The molecule has 0 radical (unpaired) electrons. The molecule has 2 aliphatic rings. The topological polar surface area (TPSA) is 42.4 Å². The van der Waals surface area contributed by atoms with Crippen molar-refractivity contribution in [3.05, 3.63) is 58.9 Å². The van der Waals surface area contributed by atoms with Crippen LogP contribution in [0.2, 0.25) is 0 Å². The van der Waals surface area contributed by atoms with E-state index in [2.05, 4.69) is 36.1 Å². The first kappa shape index (κ1) is 19.9. The van der Waals surface area contributed by atoms with Gasteiger partial charge in [-0.25, -0.2) is 0 Å². The number of pyridine rings is 1. The van der Waals surface area contributed by atoms with Crippen LogP contribution in [-0.2, 0) is 11.2 Å². The van der Waals surface area contributed by atoms with Gasteiger partial charge in [0, 0.05) is 36.3 Å². The van der Waals surface area contributed by atoms with Crippen LogP contribution in [0.5, 0.6) is 5.75 Å². The lowest BCUT2D eigenvalue weighted by Crippen LogP contribution is -2.42. The summed E-state index contributed by atoms with van der Waals surface area (Å²) in [5.41, 5.74) is 4.77. The molecule has 29 heavy (non-hydrogen) atoms. The van der Waals surface area contributed by atoms with E-state index in [4.69, 9.17) is 9.72 Å². The molecule has 1 aromatic heterocycles. The monoisotopic (exact) mass is 392 g/mol. The average Bonchev–Trinajstić information content (AvgIpc) is 3.28. The minimum Gasteiger partial charge on any atom is -0.497 e. The van der Waals surface area contributed by atoms with E-state index in [0.29, 0.717) is 11.8 Å². The Hall–Kier alpha value is -2.36. The number of piperidine rings is 1. The van der Waals surface area contributed by atoms with Crippen LogP contribution in [0.4, 0.5) is 0 Å². The molecule has 2 aromatic rings. The van der Waals surface area contributed by atoms with Gasteiger partial charge >= 0.3 is 0 Å². The maximum absolute atomic E-state index is 12.9. The van der Waals surface area contributed by atoms with Crippen molar-refractivity contribution in [3.8, 4) is 5.75 Å². The summed E-state index contributed by atoms with van der Waals surface area (Å²) >= 11 is 0. The quantitative estimate of drug-likeness (QED) is 0.728. The van der Waals surface area contributed by atoms with Crippen LogP contribution in [0.25, 0.3) is 0 Å². The fraction of sp³-hybridized carbons (Fsp3) is 0.520. The van der Waals surface area contributed by atoms with Crippen LogP contribution in [0.15, 0.2) is 36.4 Å². The van der Waals surface area contributed by atoms with Crippen molar-refractivity contribution in [1.82, 2.24) is 9.88 Å². The first-order valence-corrected chi connectivity index (χ1v) is 11.0. The van der Waals surface area contributed by atoms with Crippen molar-refractivity contribution < 1.29 is 9.53 Å². The Morgan fingerprint density at radius 2 is 1.83 bits per heavy atom. The van der Waals surface area contributed by atoms with Gasteiger partial charge in [0.15, 0.2) is 0 Å². The molecule has 4 rings (SSSR count). The SMILES string of the molecule is COc1ccc(Cc2cc(C)nc(C3CCCN(C(=O)C4CCCC4)C3)c2)cc1. The molecule has 0 N–H and O–H groups in total. The van der Waals surface area contributed by atoms with E-state index in [-0.39, 0.29) is 5.92 Å². The predicted molar refractivity (Wildman–Crippen MR) is 115 cm³/mol. The number of carbonyl (C=O) groups excluding carboxylic acids is 1. The fourth-order valence-electron chi connectivity index (χ4n) is 4.91. The zero-order valence-electron chi connectivity index (χ0n) is 17.7. The molecule has 4 nitrogen and oxygen atoms in total. The lowest BCUT2D eigenvalue weighted by atomic mass is 9.91. The fourth-order valence-corrected chi connectivity index (χ4v) is 4.91. The van der Waals surface area contributed by atoms with Gasteiger partial charge in [0.2, 0.25) is 5.91 Å². The molecule has 154 valence electrons. The second-order valence-electron chi connectivity index (χ2n) is 8.67. The summed E-state index contributed by atoms with van der Waals surface area (Å²) < 4.78 is 5.26. The van der Waals surface area contributed by atoms with E-state index in [0.717, 1.165) is 62.3 Å². The molecule has 1 saturated carbocycles. The molecular formula is C25H32N2O2. The number of aromatic nitrogens is 1. The third-order valence-electron chi connectivity index (χ3n) is 6.46. The van der Waals surface area contributed by atoms with Crippen LogP contribution in [0.3, 0.4) is 0 Å². The second-order valence-corrected chi connectivity index (χ2v) is 8.67. The molecule has 1 saturated heterocycles. The Bertz CT molecular complexity index is 840. The average molecular weight is 393 g/mol. The number of likely N-dealkylation sites (tertiary alicyclic amines) is 1. The Labute approximate surface area is 174 Å². The van der Waals surface area contributed by atoms with E-state index in [1.165, 1.54) is 24.0 Å². The van der Waals surface area contributed by atoms with Crippen LogP contribution >= 0.6 is 0 Å². The van der Waals surface area contributed by atoms with E-state index < -0.39 is 0 Å². The van der Waals surface area contributed by atoms with Gasteiger partial charge in [-0.1, -0.05) is 25.0 Å². The Morgan fingerprint density at radius 3 is 2.55 bits per heavy atom. The summed E-state index contributed by atoms with van der Waals surface area (Å²) in [6.45, 7) is 3.81. The molecule has 1 amide bonds. The second kappa shape index (κ2) is 8.98. The first-order valence-electron chi connectivity index (χ1n) is 11.0. The molecule has 1 unspecified atom stereocenters. The van der Waals surface area contributed by atoms with Gasteiger partial charge in [-0.3, -0.25) is 9.78 Å². The molecule has 1 atom stereocenters. The van der Waals surface area contributed by atoms with Gasteiger partial charge < -0.3 is 9.64 Å². The number of amides is 1. The Balaban J connectivity index is 1.47. The number of rotatable bonds is 5. The van der Waals surface area contributed by atoms with Crippen LogP contribution in [0, 0.1) is 12.8 Å². The van der Waals surface area contributed by atoms with E-state index in [1.54, 1.807) is 7.11 Å². The third-order valence-corrected chi connectivity index (χ3v) is 6.46. The summed E-state index contributed by atoms with van der Waals surface area (Å²) in [4.78, 5) is 19.9. The molecule has 0 bridgehead atoms. The van der Waals surface area contributed by atoms with Gasteiger partial charge in [0.1, 0.15) is 5.75 Å². The maximum Gasteiger partial charge on any atom is 0.225 e. The van der Waals surface area contributed by atoms with Gasteiger partial charge in [-0.15, -0.1) is 0 Å². The molecule has 0 spiro atoms. The molecule has 1 aliphatic carbocycles. The molecule has 1 aromatic carbocycles. The highest BCUT2D eigenvalue weighted by molar-refractivity contribution is 5.79. The van der Waals surface area contributed by atoms with Crippen LogP contribution in [0.1, 0.15) is 67.0 Å². The zero-order valence-corrected chi connectivity index (χ0v) is 17.7. The molecule has 4 heteroatoms.